The molecule has 30 heavy (non-hydrogen) atoms. The molecule has 0 aliphatic carbocycles. The number of nitrogens with zero attached hydrogens (tertiary/aromatic N) is 4. The number of benzene rings is 1. The van der Waals surface area contributed by atoms with Crippen molar-refractivity contribution in [2.45, 2.75) is 51.7 Å². The fourth-order valence-corrected chi connectivity index (χ4v) is 4.21. The van der Waals surface area contributed by atoms with E-state index in [2.05, 4.69) is 20.1 Å². The van der Waals surface area contributed by atoms with Gasteiger partial charge >= 0.3 is 0 Å². The number of amides is 1. The molecular weight excluding hydrogens is 378 g/mol. The van der Waals surface area contributed by atoms with E-state index in [0.717, 1.165) is 55.7 Å². The molecule has 0 spiro atoms. The van der Waals surface area contributed by atoms with Gasteiger partial charge < -0.3 is 19.9 Å². The van der Waals surface area contributed by atoms with Gasteiger partial charge in [0.15, 0.2) is 0 Å². The summed E-state index contributed by atoms with van der Waals surface area (Å²) in [6.07, 6.45) is 6.71. The SMILES string of the molecule is CC(=O)N[C@@H](C)c1ccc(O[C@@H]2CCN(c3ccnc(N4CCCCC4)n3)C2)cc1. The van der Waals surface area contributed by atoms with Gasteiger partial charge in [-0.3, -0.25) is 4.79 Å². The second kappa shape index (κ2) is 9.32. The lowest BCUT2D eigenvalue weighted by Gasteiger charge is -2.27. The fourth-order valence-electron chi connectivity index (χ4n) is 4.21. The summed E-state index contributed by atoms with van der Waals surface area (Å²) < 4.78 is 6.21. The highest BCUT2D eigenvalue weighted by molar-refractivity contribution is 5.73. The number of hydrogen-bond donors (Lipinski definition) is 1. The van der Waals surface area contributed by atoms with Gasteiger partial charge in [-0.25, -0.2) is 4.98 Å². The van der Waals surface area contributed by atoms with E-state index in [-0.39, 0.29) is 18.1 Å². The van der Waals surface area contributed by atoms with Crippen LogP contribution in [0.4, 0.5) is 11.8 Å². The third-order valence-corrected chi connectivity index (χ3v) is 5.84. The Morgan fingerprint density at radius 1 is 1.10 bits per heavy atom. The van der Waals surface area contributed by atoms with E-state index in [0.29, 0.717) is 0 Å². The molecule has 0 bridgehead atoms. The zero-order chi connectivity index (χ0) is 20.9. The van der Waals surface area contributed by atoms with Crippen molar-refractivity contribution in [1.82, 2.24) is 15.3 Å². The molecule has 160 valence electrons. The highest BCUT2D eigenvalue weighted by Crippen LogP contribution is 2.25. The van der Waals surface area contributed by atoms with Gasteiger partial charge in [0, 0.05) is 39.2 Å². The van der Waals surface area contributed by atoms with Crippen molar-refractivity contribution in [3.63, 3.8) is 0 Å². The summed E-state index contributed by atoms with van der Waals surface area (Å²) in [7, 11) is 0. The van der Waals surface area contributed by atoms with E-state index in [1.165, 1.54) is 26.2 Å². The lowest BCUT2D eigenvalue weighted by atomic mass is 10.1. The molecule has 2 saturated heterocycles. The Labute approximate surface area is 178 Å². The Morgan fingerprint density at radius 3 is 2.60 bits per heavy atom. The van der Waals surface area contributed by atoms with Gasteiger partial charge in [-0.2, -0.15) is 4.98 Å². The van der Waals surface area contributed by atoms with Crippen molar-refractivity contribution < 1.29 is 9.53 Å². The Balaban J connectivity index is 1.34. The number of carbonyl (C=O) groups excluding carboxylic acids is 1. The summed E-state index contributed by atoms with van der Waals surface area (Å²) in [5.41, 5.74) is 1.07. The summed E-state index contributed by atoms with van der Waals surface area (Å²) >= 11 is 0. The molecule has 2 atom stereocenters. The molecular formula is C23H31N5O2. The van der Waals surface area contributed by atoms with Gasteiger partial charge in [-0.15, -0.1) is 0 Å². The Kier molecular flexibility index (Phi) is 6.35. The molecule has 0 radical (unpaired) electrons. The smallest absolute Gasteiger partial charge is 0.227 e. The van der Waals surface area contributed by atoms with Gasteiger partial charge in [0.1, 0.15) is 17.7 Å². The zero-order valence-corrected chi connectivity index (χ0v) is 17.9. The summed E-state index contributed by atoms with van der Waals surface area (Å²) in [4.78, 5) is 25.1. The standard InChI is InChI=1S/C23H31N5O2/c1-17(25-18(2)29)19-6-8-20(9-7-19)30-21-11-15-28(16-21)22-10-12-24-23(26-22)27-13-4-3-5-14-27/h6-10,12,17,21H,3-5,11,13-16H2,1-2H3,(H,25,29)/t17-,21+/m0/s1. The van der Waals surface area contributed by atoms with Gasteiger partial charge in [0.05, 0.1) is 12.6 Å². The topological polar surface area (TPSA) is 70.6 Å². The third kappa shape index (κ3) is 5.01. The fraction of sp³-hybridized carbons (Fsp3) is 0.522. The maximum atomic E-state index is 11.2. The Bertz CT molecular complexity index is 851. The first-order valence-corrected chi connectivity index (χ1v) is 10.9. The third-order valence-electron chi connectivity index (χ3n) is 5.84. The van der Waals surface area contributed by atoms with Crippen LogP contribution in [-0.2, 0) is 4.79 Å². The molecule has 3 heterocycles. The normalized spacial score (nSPS) is 20.1. The van der Waals surface area contributed by atoms with E-state index >= 15 is 0 Å². The quantitative estimate of drug-likeness (QED) is 0.789. The van der Waals surface area contributed by atoms with Crippen molar-refractivity contribution in [2.24, 2.45) is 0 Å². The summed E-state index contributed by atoms with van der Waals surface area (Å²) in [5.74, 6) is 2.66. The number of rotatable bonds is 6. The first-order valence-electron chi connectivity index (χ1n) is 10.9. The molecule has 2 aromatic rings. The van der Waals surface area contributed by atoms with Gasteiger partial charge in [0.2, 0.25) is 11.9 Å². The number of ether oxygens (including phenoxy) is 1. The van der Waals surface area contributed by atoms with Crippen LogP contribution in [0.1, 0.15) is 51.1 Å². The average molecular weight is 410 g/mol. The van der Waals surface area contributed by atoms with E-state index in [1.54, 1.807) is 0 Å². The van der Waals surface area contributed by atoms with Crippen molar-refractivity contribution >= 4 is 17.7 Å². The van der Waals surface area contributed by atoms with Crippen molar-refractivity contribution in [1.29, 1.82) is 0 Å². The molecule has 0 unspecified atom stereocenters. The minimum absolute atomic E-state index is 0.00890. The number of hydrogen-bond acceptors (Lipinski definition) is 6. The molecule has 1 aromatic heterocycles. The number of aromatic nitrogens is 2. The number of nitrogens with one attached hydrogen (secondary N) is 1. The van der Waals surface area contributed by atoms with Gasteiger partial charge in [0.25, 0.3) is 0 Å². The molecule has 2 fully saturated rings. The van der Waals surface area contributed by atoms with Crippen LogP contribution in [0, 0.1) is 0 Å². The second-order valence-corrected chi connectivity index (χ2v) is 8.23. The minimum Gasteiger partial charge on any atom is -0.489 e. The number of carbonyl (C=O) groups is 1. The molecule has 0 saturated carbocycles. The van der Waals surface area contributed by atoms with E-state index in [9.17, 15) is 4.79 Å². The van der Waals surface area contributed by atoms with Crippen molar-refractivity contribution in [2.75, 3.05) is 36.0 Å². The van der Waals surface area contributed by atoms with Crippen LogP contribution in [0.2, 0.25) is 0 Å². The van der Waals surface area contributed by atoms with Crippen molar-refractivity contribution in [3.8, 4) is 5.75 Å². The molecule has 4 rings (SSSR count). The number of piperidine rings is 1. The highest BCUT2D eigenvalue weighted by atomic mass is 16.5. The number of anilines is 2. The lowest BCUT2D eigenvalue weighted by Crippen LogP contribution is -2.32. The van der Waals surface area contributed by atoms with Gasteiger partial charge in [-0.1, -0.05) is 12.1 Å². The first kappa shape index (κ1) is 20.4. The minimum atomic E-state index is -0.0259. The zero-order valence-electron chi connectivity index (χ0n) is 17.9. The Morgan fingerprint density at radius 2 is 1.87 bits per heavy atom. The molecule has 7 nitrogen and oxygen atoms in total. The monoisotopic (exact) mass is 409 g/mol. The summed E-state index contributed by atoms with van der Waals surface area (Å²) in [6, 6.07) is 9.97. The Hall–Kier alpha value is -2.83. The molecule has 2 aliphatic rings. The van der Waals surface area contributed by atoms with Crippen LogP contribution in [0.5, 0.6) is 5.75 Å². The van der Waals surface area contributed by atoms with Crippen LogP contribution >= 0.6 is 0 Å². The predicted octanol–water partition coefficient (Wildman–Crippen LogP) is 3.32. The first-order chi connectivity index (χ1) is 14.6. The molecule has 1 N–H and O–H groups in total. The predicted molar refractivity (Wildman–Crippen MR) is 118 cm³/mol. The van der Waals surface area contributed by atoms with E-state index < -0.39 is 0 Å². The van der Waals surface area contributed by atoms with Crippen LogP contribution in [0.25, 0.3) is 0 Å². The van der Waals surface area contributed by atoms with Crippen LogP contribution in [0.15, 0.2) is 36.5 Å². The van der Waals surface area contributed by atoms with E-state index in [1.807, 2.05) is 43.5 Å². The average Bonchev–Trinajstić information content (AvgIpc) is 3.23. The largest absolute Gasteiger partial charge is 0.489 e. The molecule has 2 aliphatic heterocycles. The van der Waals surface area contributed by atoms with Crippen LogP contribution in [0.3, 0.4) is 0 Å². The second-order valence-electron chi connectivity index (χ2n) is 8.23. The van der Waals surface area contributed by atoms with E-state index in [4.69, 9.17) is 9.72 Å². The lowest BCUT2D eigenvalue weighted by molar-refractivity contribution is -0.119. The van der Waals surface area contributed by atoms with Crippen LogP contribution in [-0.4, -0.2) is 48.2 Å². The van der Waals surface area contributed by atoms with Crippen LogP contribution < -0.4 is 19.9 Å². The molecule has 1 amide bonds. The summed E-state index contributed by atoms with van der Waals surface area (Å²) in [6.45, 7) is 7.36. The highest BCUT2D eigenvalue weighted by Gasteiger charge is 2.26. The maximum absolute atomic E-state index is 11.2. The van der Waals surface area contributed by atoms with Crippen molar-refractivity contribution in [3.05, 3.63) is 42.1 Å². The summed E-state index contributed by atoms with van der Waals surface area (Å²) in [5, 5.41) is 2.90. The maximum Gasteiger partial charge on any atom is 0.227 e. The van der Waals surface area contributed by atoms with Gasteiger partial charge in [-0.05, 0) is 49.9 Å². The molecule has 7 heteroatoms. The molecule has 1 aromatic carbocycles.